The van der Waals surface area contributed by atoms with Crippen molar-refractivity contribution < 1.29 is 23.9 Å². The highest BCUT2D eigenvalue weighted by Gasteiger charge is 2.23. The minimum Gasteiger partial charge on any atom is -0.465 e. The summed E-state index contributed by atoms with van der Waals surface area (Å²) in [6.45, 7) is 5.21. The van der Waals surface area contributed by atoms with Gasteiger partial charge >= 0.3 is 12.1 Å². The second kappa shape index (κ2) is 5.75. The molecule has 0 unspecified atom stereocenters. The molecule has 7 nitrogen and oxygen atoms in total. The van der Waals surface area contributed by atoms with Crippen molar-refractivity contribution in [2.45, 2.75) is 26.4 Å². The summed E-state index contributed by atoms with van der Waals surface area (Å²) in [6, 6.07) is 4.50. The number of hydrogen-bond donors (Lipinski definition) is 1. The molecule has 7 heteroatoms. The van der Waals surface area contributed by atoms with Crippen LogP contribution in [0.2, 0.25) is 0 Å². The van der Waals surface area contributed by atoms with E-state index in [4.69, 9.17) is 10.5 Å². The lowest BCUT2D eigenvalue weighted by molar-refractivity contribution is 0.0543. The molecule has 0 bridgehead atoms. The van der Waals surface area contributed by atoms with Gasteiger partial charge in [0, 0.05) is 11.6 Å². The van der Waals surface area contributed by atoms with Crippen molar-refractivity contribution in [2.75, 3.05) is 7.11 Å². The van der Waals surface area contributed by atoms with Gasteiger partial charge < -0.3 is 15.2 Å². The standard InChI is InChI=1S/C16H18N2O5/c1-16(2,3)23-15(21)18-8-11(13(17)19)10-7-9(14(20)22-4)5-6-12(10)18/h5-8H,1-4H3,(H2,17,19). The Morgan fingerprint density at radius 2 is 1.83 bits per heavy atom. The van der Waals surface area contributed by atoms with Gasteiger partial charge in [0.25, 0.3) is 5.91 Å². The second-order valence-corrected chi connectivity index (χ2v) is 5.98. The molecule has 23 heavy (non-hydrogen) atoms. The second-order valence-electron chi connectivity index (χ2n) is 5.98. The first-order chi connectivity index (χ1) is 10.6. The Labute approximate surface area is 133 Å². The summed E-state index contributed by atoms with van der Waals surface area (Å²) < 4.78 is 11.2. The molecule has 0 fully saturated rings. The maximum Gasteiger partial charge on any atom is 0.419 e. The minimum atomic E-state index is -0.709. The molecular formula is C16H18N2O5. The monoisotopic (exact) mass is 318 g/mol. The summed E-state index contributed by atoms with van der Waals surface area (Å²) in [5.41, 5.74) is 5.46. The Hall–Kier alpha value is -2.83. The van der Waals surface area contributed by atoms with E-state index in [1.54, 1.807) is 20.8 Å². The van der Waals surface area contributed by atoms with E-state index < -0.39 is 23.6 Å². The highest BCUT2D eigenvalue weighted by atomic mass is 16.6. The van der Waals surface area contributed by atoms with Crippen LogP contribution in [0.3, 0.4) is 0 Å². The number of methoxy groups -OCH3 is 1. The number of hydrogen-bond acceptors (Lipinski definition) is 5. The van der Waals surface area contributed by atoms with Gasteiger partial charge in [0.2, 0.25) is 0 Å². The fourth-order valence-corrected chi connectivity index (χ4v) is 2.13. The van der Waals surface area contributed by atoms with Gasteiger partial charge in [0.1, 0.15) is 5.60 Å². The van der Waals surface area contributed by atoms with E-state index in [-0.39, 0.29) is 11.1 Å². The molecule has 1 heterocycles. The number of carbonyl (C=O) groups excluding carboxylic acids is 3. The van der Waals surface area contributed by atoms with Crippen molar-refractivity contribution in [1.29, 1.82) is 0 Å². The molecule has 1 amide bonds. The molecule has 0 spiro atoms. The predicted octanol–water partition coefficient (Wildman–Crippen LogP) is 2.31. The molecule has 0 aliphatic rings. The fraction of sp³-hybridized carbons (Fsp3) is 0.312. The zero-order valence-electron chi connectivity index (χ0n) is 13.4. The van der Waals surface area contributed by atoms with Crippen LogP contribution in [0, 0.1) is 0 Å². The van der Waals surface area contributed by atoms with Gasteiger partial charge in [-0.25, -0.2) is 9.59 Å². The van der Waals surface area contributed by atoms with Crippen molar-refractivity contribution in [2.24, 2.45) is 5.73 Å². The summed E-state index contributed by atoms with van der Waals surface area (Å²) in [5.74, 6) is -1.26. The number of primary amides is 1. The lowest BCUT2D eigenvalue weighted by Gasteiger charge is -2.19. The van der Waals surface area contributed by atoms with Gasteiger partial charge in [-0.1, -0.05) is 0 Å². The summed E-state index contributed by atoms with van der Waals surface area (Å²) in [6.07, 6.45) is 0.670. The molecule has 0 saturated carbocycles. The van der Waals surface area contributed by atoms with E-state index in [0.717, 1.165) is 0 Å². The van der Waals surface area contributed by atoms with Gasteiger partial charge in [-0.3, -0.25) is 9.36 Å². The Morgan fingerprint density at radius 1 is 1.17 bits per heavy atom. The van der Waals surface area contributed by atoms with Crippen LogP contribution in [0.5, 0.6) is 0 Å². The Balaban J connectivity index is 2.62. The topological polar surface area (TPSA) is 101 Å². The number of carbonyl (C=O) groups is 3. The summed E-state index contributed by atoms with van der Waals surface area (Å²) >= 11 is 0. The molecule has 122 valence electrons. The number of aromatic nitrogens is 1. The highest BCUT2D eigenvalue weighted by molar-refractivity contribution is 6.09. The minimum absolute atomic E-state index is 0.122. The summed E-state index contributed by atoms with van der Waals surface area (Å²) in [7, 11) is 1.26. The molecule has 1 aromatic carbocycles. The normalized spacial score (nSPS) is 11.3. The van der Waals surface area contributed by atoms with Crippen LogP contribution in [-0.4, -0.2) is 35.2 Å². The van der Waals surface area contributed by atoms with Crippen molar-refractivity contribution in [3.05, 3.63) is 35.5 Å². The highest BCUT2D eigenvalue weighted by Crippen LogP contribution is 2.24. The fourth-order valence-electron chi connectivity index (χ4n) is 2.13. The van der Waals surface area contributed by atoms with E-state index in [1.165, 1.54) is 36.1 Å². The van der Waals surface area contributed by atoms with Crippen molar-refractivity contribution in [3.63, 3.8) is 0 Å². The lowest BCUT2D eigenvalue weighted by atomic mass is 10.1. The van der Waals surface area contributed by atoms with E-state index in [0.29, 0.717) is 10.9 Å². The Kier molecular flexibility index (Phi) is 4.14. The third-order valence-corrected chi connectivity index (χ3v) is 3.08. The number of ether oxygens (including phenoxy) is 2. The molecule has 0 atom stereocenters. The van der Waals surface area contributed by atoms with Crippen LogP contribution < -0.4 is 5.73 Å². The molecule has 0 aliphatic heterocycles. The maximum atomic E-state index is 12.3. The first-order valence-corrected chi connectivity index (χ1v) is 6.90. The third kappa shape index (κ3) is 3.33. The quantitative estimate of drug-likeness (QED) is 0.856. The van der Waals surface area contributed by atoms with Crippen LogP contribution in [-0.2, 0) is 9.47 Å². The van der Waals surface area contributed by atoms with E-state index in [1.807, 2.05) is 0 Å². The van der Waals surface area contributed by atoms with Crippen molar-refractivity contribution in [3.8, 4) is 0 Å². The SMILES string of the molecule is COC(=O)c1ccc2c(c1)c(C(N)=O)cn2C(=O)OC(C)(C)C. The van der Waals surface area contributed by atoms with E-state index in [9.17, 15) is 14.4 Å². The average molecular weight is 318 g/mol. The van der Waals surface area contributed by atoms with Gasteiger partial charge in [-0.2, -0.15) is 0 Å². The molecule has 1 aromatic heterocycles. The number of fused-ring (bicyclic) bond motifs is 1. The van der Waals surface area contributed by atoms with Gasteiger partial charge in [-0.05, 0) is 39.0 Å². The van der Waals surface area contributed by atoms with Crippen LogP contribution >= 0.6 is 0 Å². The Bertz CT molecular complexity index is 799. The molecule has 0 saturated heterocycles. The number of nitrogens with zero attached hydrogens (tertiary/aromatic N) is 1. The molecule has 0 radical (unpaired) electrons. The number of nitrogens with two attached hydrogens (primary N) is 1. The first-order valence-electron chi connectivity index (χ1n) is 6.90. The van der Waals surface area contributed by atoms with Crippen molar-refractivity contribution in [1.82, 2.24) is 4.57 Å². The molecular weight excluding hydrogens is 300 g/mol. The zero-order chi connectivity index (χ0) is 17.4. The van der Waals surface area contributed by atoms with Crippen LogP contribution in [0.25, 0.3) is 10.9 Å². The number of amides is 1. The van der Waals surface area contributed by atoms with E-state index in [2.05, 4.69) is 4.74 Å². The van der Waals surface area contributed by atoms with Crippen molar-refractivity contribution >= 4 is 28.9 Å². The Morgan fingerprint density at radius 3 is 2.35 bits per heavy atom. The molecule has 2 N–H and O–H groups in total. The third-order valence-electron chi connectivity index (χ3n) is 3.08. The molecule has 2 rings (SSSR count). The summed E-state index contributed by atoms with van der Waals surface area (Å²) in [5, 5.41) is 0.381. The number of esters is 1. The summed E-state index contributed by atoms with van der Waals surface area (Å²) in [4.78, 5) is 35.5. The predicted molar refractivity (Wildman–Crippen MR) is 83.4 cm³/mol. The lowest BCUT2D eigenvalue weighted by Crippen LogP contribution is -2.26. The smallest absolute Gasteiger partial charge is 0.419 e. The maximum absolute atomic E-state index is 12.3. The number of benzene rings is 1. The first kappa shape index (κ1) is 16.5. The molecule has 2 aromatic rings. The van der Waals surface area contributed by atoms with Gasteiger partial charge in [-0.15, -0.1) is 0 Å². The average Bonchev–Trinajstić information content (AvgIpc) is 2.83. The van der Waals surface area contributed by atoms with E-state index >= 15 is 0 Å². The molecule has 0 aliphatic carbocycles. The number of rotatable bonds is 2. The van der Waals surface area contributed by atoms with Crippen LogP contribution in [0.4, 0.5) is 4.79 Å². The van der Waals surface area contributed by atoms with Crippen LogP contribution in [0.1, 0.15) is 41.5 Å². The van der Waals surface area contributed by atoms with Gasteiger partial charge in [0.15, 0.2) is 0 Å². The zero-order valence-corrected chi connectivity index (χ0v) is 13.4. The largest absolute Gasteiger partial charge is 0.465 e. The van der Waals surface area contributed by atoms with Gasteiger partial charge in [0.05, 0.1) is 23.8 Å². The van der Waals surface area contributed by atoms with Crippen LogP contribution in [0.15, 0.2) is 24.4 Å².